The van der Waals surface area contributed by atoms with Crippen molar-refractivity contribution in [2.75, 3.05) is 20.2 Å². The minimum absolute atomic E-state index is 0.150. The number of rotatable bonds is 3. The van der Waals surface area contributed by atoms with E-state index in [9.17, 15) is 4.39 Å². The average molecular weight is 258 g/mol. The summed E-state index contributed by atoms with van der Waals surface area (Å²) >= 11 is 6.04. The Morgan fingerprint density at radius 1 is 1.41 bits per heavy atom. The van der Waals surface area contributed by atoms with E-state index in [0.717, 1.165) is 31.5 Å². The summed E-state index contributed by atoms with van der Waals surface area (Å²) in [6.45, 7) is 2.15. The molecule has 0 saturated carbocycles. The van der Waals surface area contributed by atoms with Crippen molar-refractivity contribution in [3.05, 3.63) is 34.1 Å². The zero-order chi connectivity index (χ0) is 12.3. The Morgan fingerprint density at radius 3 is 2.76 bits per heavy atom. The molecule has 0 spiro atoms. The van der Waals surface area contributed by atoms with E-state index in [4.69, 9.17) is 16.3 Å². The Balaban J connectivity index is 2.31. The summed E-state index contributed by atoms with van der Waals surface area (Å²) < 4.78 is 19.3. The van der Waals surface area contributed by atoms with Crippen LogP contribution in [0.25, 0.3) is 0 Å². The van der Waals surface area contributed by atoms with Crippen molar-refractivity contribution >= 4 is 11.6 Å². The number of benzene rings is 1. The Hall–Kier alpha value is -0.640. The van der Waals surface area contributed by atoms with Gasteiger partial charge in [-0.15, -0.1) is 0 Å². The van der Waals surface area contributed by atoms with Gasteiger partial charge in [0.2, 0.25) is 0 Å². The Bertz CT molecular complexity index is 391. The molecular formula is C13H17ClFNO. The molecule has 94 valence electrons. The summed E-state index contributed by atoms with van der Waals surface area (Å²) in [5.74, 6) is 0.119. The van der Waals surface area contributed by atoms with Gasteiger partial charge in [-0.1, -0.05) is 11.6 Å². The lowest BCUT2D eigenvalue weighted by Gasteiger charge is -2.24. The van der Waals surface area contributed by atoms with Gasteiger partial charge in [0.25, 0.3) is 0 Å². The van der Waals surface area contributed by atoms with E-state index < -0.39 is 0 Å². The van der Waals surface area contributed by atoms with Gasteiger partial charge >= 0.3 is 0 Å². The van der Waals surface area contributed by atoms with E-state index in [-0.39, 0.29) is 18.3 Å². The first-order valence-electron chi connectivity index (χ1n) is 5.90. The SMILES string of the molecule is COCc1cc(Cl)cc(C2CCNCC2)c1F. The van der Waals surface area contributed by atoms with Crippen LogP contribution in [0.5, 0.6) is 0 Å². The molecule has 1 aromatic rings. The summed E-state index contributed by atoms with van der Waals surface area (Å²) in [5.41, 5.74) is 1.29. The maximum absolute atomic E-state index is 14.3. The second-order valence-electron chi connectivity index (χ2n) is 4.43. The molecule has 1 heterocycles. The topological polar surface area (TPSA) is 21.3 Å². The van der Waals surface area contributed by atoms with Crippen LogP contribution in [-0.4, -0.2) is 20.2 Å². The molecule has 0 unspecified atom stereocenters. The highest BCUT2D eigenvalue weighted by Crippen LogP contribution is 2.31. The lowest BCUT2D eigenvalue weighted by molar-refractivity contribution is 0.181. The van der Waals surface area contributed by atoms with Crippen LogP contribution in [-0.2, 0) is 11.3 Å². The third kappa shape index (κ3) is 2.97. The molecule has 2 rings (SSSR count). The fraction of sp³-hybridized carbons (Fsp3) is 0.538. The molecule has 17 heavy (non-hydrogen) atoms. The van der Waals surface area contributed by atoms with Crippen LogP contribution >= 0.6 is 11.6 Å². The number of hydrogen-bond donors (Lipinski definition) is 1. The first-order chi connectivity index (χ1) is 8.22. The summed E-state index contributed by atoms with van der Waals surface area (Å²) in [6, 6.07) is 3.40. The van der Waals surface area contributed by atoms with Crippen LogP contribution in [0.15, 0.2) is 12.1 Å². The number of ether oxygens (including phenoxy) is 1. The quantitative estimate of drug-likeness (QED) is 0.899. The first kappa shape index (κ1) is 12.8. The van der Waals surface area contributed by atoms with E-state index in [2.05, 4.69) is 5.32 Å². The lowest BCUT2D eigenvalue weighted by Crippen LogP contribution is -2.27. The highest BCUT2D eigenvalue weighted by atomic mass is 35.5. The molecule has 1 aliphatic rings. The minimum atomic E-state index is -0.150. The van der Waals surface area contributed by atoms with Crippen molar-refractivity contribution < 1.29 is 9.13 Å². The molecule has 1 N–H and O–H groups in total. The molecule has 0 radical (unpaired) electrons. The molecule has 4 heteroatoms. The highest BCUT2D eigenvalue weighted by molar-refractivity contribution is 6.30. The number of piperidine rings is 1. The summed E-state index contributed by atoms with van der Waals surface area (Å²) in [7, 11) is 1.56. The second-order valence-corrected chi connectivity index (χ2v) is 4.86. The van der Waals surface area contributed by atoms with E-state index in [1.54, 1.807) is 19.2 Å². The average Bonchev–Trinajstić information content (AvgIpc) is 2.35. The Morgan fingerprint density at radius 2 is 2.12 bits per heavy atom. The van der Waals surface area contributed by atoms with Gasteiger partial charge < -0.3 is 10.1 Å². The zero-order valence-corrected chi connectivity index (χ0v) is 10.7. The molecule has 0 bridgehead atoms. The first-order valence-corrected chi connectivity index (χ1v) is 6.27. The fourth-order valence-electron chi connectivity index (χ4n) is 2.36. The highest BCUT2D eigenvalue weighted by Gasteiger charge is 2.21. The van der Waals surface area contributed by atoms with E-state index in [1.165, 1.54) is 0 Å². The Labute approximate surface area is 106 Å². The maximum atomic E-state index is 14.3. The molecule has 1 fully saturated rings. The van der Waals surface area contributed by atoms with Crippen molar-refractivity contribution in [3.63, 3.8) is 0 Å². The van der Waals surface area contributed by atoms with Gasteiger partial charge in [0.1, 0.15) is 5.82 Å². The summed E-state index contributed by atoms with van der Waals surface area (Å²) in [4.78, 5) is 0. The van der Waals surface area contributed by atoms with Crippen LogP contribution in [0, 0.1) is 5.82 Å². The van der Waals surface area contributed by atoms with Gasteiger partial charge in [-0.2, -0.15) is 0 Å². The standard InChI is InChI=1S/C13H17ClFNO/c1-17-8-10-6-11(14)7-12(13(10)15)9-2-4-16-5-3-9/h6-7,9,16H,2-5,8H2,1H3. The lowest BCUT2D eigenvalue weighted by atomic mass is 9.89. The fourth-order valence-corrected chi connectivity index (χ4v) is 2.61. The second kappa shape index (κ2) is 5.80. The number of nitrogens with one attached hydrogen (secondary N) is 1. The molecule has 1 saturated heterocycles. The van der Waals surface area contributed by atoms with Gasteiger partial charge in [0.05, 0.1) is 6.61 Å². The van der Waals surface area contributed by atoms with Crippen LogP contribution in [0.2, 0.25) is 5.02 Å². The van der Waals surface area contributed by atoms with E-state index in [0.29, 0.717) is 10.6 Å². The number of hydrogen-bond acceptors (Lipinski definition) is 2. The third-order valence-electron chi connectivity index (χ3n) is 3.22. The summed E-state index contributed by atoms with van der Waals surface area (Å²) in [5, 5.41) is 3.87. The molecule has 0 aromatic heterocycles. The van der Waals surface area contributed by atoms with Crippen molar-refractivity contribution in [1.82, 2.24) is 5.32 Å². The predicted octanol–water partition coefficient (Wildman–Crippen LogP) is 3.09. The molecule has 1 aliphatic heterocycles. The van der Waals surface area contributed by atoms with Crippen LogP contribution in [0.4, 0.5) is 4.39 Å². The molecule has 0 amide bonds. The molecular weight excluding hydrogens is 241 g/mol. The summed E-state index contributed by atoms with van der Waals surface area (Å²) in [6.07, 6.45) is 1.92. The van der Waals surface area contributed by atoms with E-state index >= 15 is 0 Å². The van der Waals surface area contributed by atoms with Crippen molar-refractivity contribution in [2.45, 2.75) is 25.4 Å². The zero-order valence-electron chi connectivity index (χ0n) is 9.93. The molecule has 1 aromatic carbocycles. The largest absolute Gasteiger partial charge is 0.380 e. The van der Waals surface area contributed by atoms with Gasteiger partial charge in [0.15, 0.2) is 0 Å². The number of methoxy groups -OCH3 is 1. The van der Waals surface area contributed by atoms with Crippen LogP contribution in [0.1, 0.15) is 29.9 Å². The molecule has 0 atom stereocenters. The third-order valence-corrected chi connectivity index (χ3v) is 3.44. The smallest absolute Gasteiger partial charge is 0.132 e. The molecule has 0 aliphatic carbocycles. The van der Waals surface area contributed by atoms with Crippen molar-refractivity contribution in [1.29, 1.82) is 0 Å². The van der Waals surface area contributed by atoms with Gasteiger partial charge in [0, 0.05) is 17.7 Å². The van der Waals surface area contributed by atoms with Crippen molar-refractivity contribution in [3.8, 4) is 0 Å². The predicted molar refractivity (Wildman–Crippen MR) is 67.0 cm³/mol. The van der Waals surface area contributed by atoms with Crippen LogP contribution < -0.4 is 5.32 Å². The number of halogens is 2. The maximum Gasteiger partial charge on any atom is 0.132 e. The minimum Gasteiger partial charge on any atom is -0.380 e. The monoisotopic (exact) mass is 257 g/mol. The van der Waals surface area contributed by atoms with Crippen LogP contribution in [0.3, 0.4) is 0 Å². The normalized spacial score (nSPS) is 17.4. The van der Waals surface area contributed by atoms with E-state index in [1.807, 2.05) is 0 Å². The van der Waals surface area contributed by atoms with Crippen molar-refractivity contribution in [2.24, 2.45) is 0 Å². The van der Waals surface area contributed by atoms with Gasteiger partial charge in [-0.25, -0.2) is 4.39 Å². The van der Waals surface area contributed by atoms with Gasteiger partial charge in [-0.05, 0) is 49.5 Å². The van der Waals surface area contributed by atoms with Gasteiger partial charge in [-0.3, -0.25) is 0 Å². The Kier molecular flexibility index (Phi) is 4.37. The molecule has 2 nitrogen and oxygen atoms in total.